The highest BCUT2D eigenvalue weighted by molar-refractivity contribution is 6.31. The zero-order valence-electron chi connectivity index (χ0n) is 12.3. The second-order valence-corrected chi connectivity index (χ2v) is 5.61. The fraction of sp³-hybridized carbons (Fsp3) is 0.333. The van der Waals surface area contributed by atoms with E-state index in [0.717, 1.165) is 5.56 Å². The molecule has 0 aliphatic carbocycles. The fourth-order valence-electron chi connectivity index (χ4n) is 2.55. The predicted molar refractivity (Wildman–Crippen MR) is 82.9 cm³/mol. The third-order valence-electron chi connectivity index (χ3n) is 3.75. The molecule has 1 aromatic heterocycles. The van der Waals surface area contributed by atoms with Gasteiger partial charge in [-0.15, -0.1) is 5.10 Å². The standard InChI is InChI=1S/C15H14ClN5O2/c16-12-5-2-1-4-11(12)10-19-8-9-20-13(14(19)22)18-21(15(20)23)7-3-6-17/h1-2,4-5H,3,7-10H2. The average molecular weight is 332 g/mol. The molecule has 7 nitrogen and oxygen atoms in total. The van der Waals surface area contributed by atoms with E-state index in [1.54, 1.807) is 11.0 Å². The molecule has 1 aromatic carbocycles. The van der Waals surface area contributed by atoms with Crippen molar-refractivity contribution in [2.24, 2.45) is 0 Å². The van der Waals surface area contributed by atoms with Gasteiger partial charge in [-0.25, -0.2) is 9.48 Å². The van der Waals surface area contributed by atoms with Crippen molar-refractivity contribution in [3.8, 4) is 6.07 Å². The molecule has 0 atom stereocenters. The first-order valence-corrected chi connectivity index (χ1v) is 7.57. The molecule has 0 fully saturated rings. The Balaban J connectivity index is 1.85. The van der Waals surface area contributed by atoms with Gasteiger partial charge < -0.3 is 4.90 Å². The first-order valence-electron chi connectivity index (χ1n) is 7.19. The number of nitrogens with zero attached hydrogens (tertiary/aromatic N) is 5. The molecule has 1 amide bonds. The molecule has 1 aliphatic heterocycles. The van der Waals surface area contributed by atoms with Crippen LogP contribution in [0.25, 0.3) is 0 Å². The Labute approximate surface area is 137 Å². The Bertz CT molecular complexity index is 848. The van der Waals surface area contributed by atoms with Gasteiger partial charge in [-0.1, -0.05) is 29.8 Å². The van der Waals surface area contributed by atoms with E-state index in [4.69, 9.17) is 16.9 Å². The number of halogens is 1. The number of aryl methyl sites for hydroxylation is 1. The number of hydrogen-bond acceptors (Lipinski definition) is 4. The van der Waals surface area contributed by atoms with E-state index < -0.39 is 0 Å². The zero-order valence-corrected chi connectivity index (χ0v) is 13.0. The Morgan fingerprint density at radius 3 is 2.78 bits per heavy atom. The number of hydrogen-bond donors (Lipinski definition) is 0. The van der Waals surface area contributed by atoms with Crippen LogP contribution in [0.5, 0.6) is 0 Å². The van der Waals surface area contributed by atoms with Gasteiger partial charge in [0.2, 0.25) is 5.82 Å². The van der Waals surface area contributed by atoms with Crippen LogP contribution in [-0.2, 0) is 19.6 Å². The minimum absolute atomic E-state index is 0.117. The molecule has 3 rings (SSSR count). The van der Waals surface area contributed by atoms with E-state index >= 15 is 0 Å². The molecule has 0 unspecified atom stereocenters. The van der Waals surface area contributed by atoms with E-state index in [1.807, 2.05) is 24.3 Å². The molecule has 118 valence electrons. The van der Waals surface area contributed by atoms with Gasteiger partial charge in [-0.3, -0.25) is 9.36 Å². The monoisotopic (exact) mass is 331 g/mol. The van der Waals surface area contributed by atoms with Gasteiger partial charge in [0.1, 0.15) is 0 Å². The predicted octanol–water partition coefficient (Wildman–Crippen LogP) is 1.27. The van der Waals surface area contributed by atoms with E-state index in [0.29, 0.717) is 24.7 Å². The summed E-state index contributed by atoms with van der Waals surface area (Å²) >= 11 is 6.13. The van der Waals surface area contributed by atoms with Crippen LogP contribution in [0.2, 0.25) is 5.02 Å². The lowest BCUT2D eigenvalue weighted by atomic mass is 10.2. The number of benzene rings is 1. The smallest absolute Gasteiger partial charge is 0.330 e. The number of aromatic nitrogens is 3. The van der Waals surface area contributed by atoms with Gasteiger partial charge in [-0.05, 0) is 11.6 Å². The van der Waals surface area contributed by atoms with Crippen LogP contribution in [0.4, 0.5) is 0 Å². The summed E-state index contributed by atoms with van der Waals surface area (Å²) in [4.78, 5) is 26.3. The SMILES string of the molecule is N#CCCn1nc2n(c1=O)CCN(Cc1ccccc1Cl)C2=O. The molecule has 1 aliphatic rings. The highest BCUT2D eigenvalue weighted by atomic mass is 35.5. The van der Waals surface area contributed by atoms with Gasteiger partial charge >= 0.3 is 5.69 Å². The minimum atomic E-state index is -0.346. The van der Waals surface area contributed by atoms with E-state index in [1.165, 1.54) is 9.25 Å². The van der Waals surface area contributed by atoms with Crippen LogP contribution in [0.3, 0.4) is 0 Å². The van der Waals surface area contributed by atoms with Crippen LogP contribution in [0, 0.1) is 11.3 Å². The van der Waals surface area contributed by atoms with E-state index in [-0.39, 0.29) is 30.4 Å². The average Bonchev–Trinajstić information content (AvgIpc) is 2.87. The molecule has 0 saturated carbocycles. The van der Waals surface area contributed by atoms with Crippen molar-refractivity contribution in [1.29, 1.82) is 5.26 Å². The third kappa shape index (κ3) is 2.85. The highest BCUT2D eigenvalue weighted by Gasteiger charge is 2.29. The molecule has 23 heavy (non-hydrogen) atoms. The fourth-order valence-corrected chi connectivity index (χ4v) is 2.74. The molecule has 2 aromatic rings. The zero-order chi connectivity index (χ0) is 16.4. The topological polar surface area (TPSA) is 83.9 Å². The number of nitriles is 1. The number of fused-ring (bicyclic) bond motifs is 1. The highest BCUT2D eigenvalue weighted by Crippen LogP contribution is 2.19. The molecular weight excluding hydrogens is 318 g/mol. The lowest BCUT2D eigenvalue weighted by Gasteiger charge is -2.26. The number of carbonyl (C=O) groups is 1. The lowest BCUT2D eigenvalue weighted by molar-refractivity contribution is 0.0681. The summed E-state index contributed by atoms with van der Waals surface area (Å²) in [6.07, 6.45) is 0.174. The normalized spacial score (nSPS) is 13.7. The summed E-state index contributed by atoms with van der Waals surface area (Å²) in [6, 6.07) is 9.30. The second-order valence-electron chi connectivity index (χ2n) is 5.21. The molecule has 2 heterocycles. The summed E-state index contributed by atoms with van der Waals surface area (Å²) in [6.45, 7) is 1.36. The van der Waals surface area contributed by atoms with Gasteiger partial charge in [0.15, 0.2) is 0 Å². The summed E-state index contributed by atoms with van der Waals surface area (Å²) in [5, 5.41) is 13.3. The van der Waals surface area contributed by atoms with E-state index in [9.17, 15) is 9.59 Å². The largest absolute Gasteiger partial charge is 0.346 e. The van der Waals surface area contributed by atoms with Gasteiger partial charge in [0.05, 0.1) is 19.0 Å². The van der Waals surface area contributed by atoms with Crippen LogP contribution in [0.15, 0.2) is 29.1 Å². The quantitative estimate of drug-likeness (QED) is 0.844. The minimum Gasteiger partial charge on any atom is -0.330 e. The van der Waals surface area contributed by atoms with Crippen molar-refractivity contribution in [3.05, 3.63) is 51.2 Å². The van der Waals surface area contributed by atoms with Crippen molar-refractivity contribution in [2.75, 3.05) is 6.54 Å². The first kappa shape index (κ1) is 15.3. The van der Waals surface area contributed by atoms with Crippen molar-refractivity contribution >= 4 is 17.5 Å². The van der Waals surface area contributed by atoms with Crippen LogP contribution in [0.1, 0.15) is 22.6 Å². The summed E-state index contributed by atoms with van der Waals surface area (Å²) in [7, 11) is 0. The number of carbonyl (C=O) groups excluding carboxylic acids is 1. The Hall–Kier alpha value is -2.59. The molecule has 0 radical (unpaired) electrons. The molecule has 0 spiro atoms. The van der Waals surface area contributed by atoms with Crippen molar-refractivity contribution in [1.82, 2.24) is 19.2 Å². The van der Waals surface area contributed by atoms with Crippen molar-refractivity contribution in [2.45, 2.75) is 26.1 Å². The Morgan fingerprint density at radius 1 is 1.26 bits per heavy atom. The van der Waals surface area contributed by atoms with Gasteiger partial charge in [-0.2, -0.15) is 5.26 Å². The van der Waals surface area contributed by atoms with Gasteiger partial charge in [0, 0.05) is 24.7 Å². The maximum atomic E-state index is 12.6. The second kappa shape index (κ2) is 6.26. The molecule has 0 N–H and O–H groups in total. The molecule has 8 heteroatoms. The van der Waals surface area contributed by atoms with Gasteiger partial charge in [0.25, 0.3) is 5.91 Å². The summed E-state index contributed by atoms with van der Waals surface area (Å²) in [5.74, 6) is -0.185. The van der Waals surface area contributed by atoms with Crippen LogP contribution < -0.4 is 5.69 Å². The van der Waals surface area contributed by atoms with Crippen LogP contribution >= 0.6 is 11.6 Å². The first-order chi connectivity index (χ1) is 11.1. The van der Waals surface area contributed by atoms with Crippen molar-refractivity contribution < 1.29 is 4.79 Å². The van der Waals surface area contributed by atoms with E-state index in [2.05, 4.69) is 5.10 Å². The maximum absolute atomic E-state index is 12.6. The summed E-state index contributed by atoms with van der Waals surface area (Å²) in [5.41, 5.74) is 0.503. The van der Waals surface area contributed by atoms with Crippen LogP contribution in [-0.4, -0.2) is 31.7 Å². The Kier molecular flexibility index (Phi) is 4.17. The maximum Gasteiger partial charge on any atom is 0.346 e. The summed E-state index contributed by atoms with van der Waals surface area (Å²) < 4.78 is 2.54. The van der Waals surface area contributed by atoms with Crippen molar-refractivity contribution in [3.63, 3.8) is 0 Å². The Morgan fingerprint density at radius 2 is 2.04 bits per heavy atom. The molecule has 0 bridgehead atoms. The number of amides is 1. The number of rotatable bonds is 4. The molecule has 0 saturated heterocycles. The molecular formula is C15H14ClN5O2. The lowest BCUT2D eigenvalue weighted by Crippen LogP contribution is -2.42. The third-order valence-corrected chi connectivity index (χ3v) is 4.12.